The number of aromatic nitrogens is 3. The molecular weight excluding hydrogens is 190 g/mol. The van der Waals surface area contributed by atoms with Crippen LogP contribution < -0.4 is 4.74 Å². The molecule has 0 amide bonds. The van der Waals surface area contributed by atoms with Gasteiger partial charge in [-0.05, 0) is 19.1 Å². The molecule has 0 radical (unpaired) electrons. The summed E-state index contributed by atoms with van der Waals surface area (Å²) in [5, 5.41) is 0. The van der Waals surface area contributed by atoms with Crippen molar-refractivity contribution in [3.05, 3.63) is 36.9 Å². The van der Waals surface area contributed by atoms with Crippen molar-refractivity contribution < 1.29 is 4.74 Å². The van der Waals surface area contributed by atoms with E-state index >= 15 is 0 Å². The number of nitrogens with zero attached hydrogens (tertiary/aromatic N) is 3. The van der Waals surface area contributed by atoms with E-state index in [1.54, 1.807) is 0 Å². The molecule has 1 aromatic heterocycles. The maximum atomic E-state index is 5.40. The standard InChI is InChI=1S/C11H11N3O/c1-2-15-10-5-3-4-9(6-10)11-13-7-12-8-14-11/h3-8H,2H2,1H3. The first-order valence-corrected chi connectivity index (χ1v) is 4.75. The maximum absolute atomic E-state index is 5.40. The highest BCUT2D eigenvalue weighted by molar-refractivity contribution is 5.56. The number of benzene rings is 1. The Morgan fingerprint density at radius 2 is 2.00 bits per heavy atom. The van der Waals surface area contributed by atoms with Crippen LogP contribution in [0.2, 0.25) is 0 Å². The molecule has 4 nitrogen and oxygen atoms in total. The Balaban J connectivity index is 2.33. The highest BCUT2D eigenvalue weighted by atomic mass is 16.5. The van der Waals surface area contributed by atoms with Crippen molar-refractivity contribution in [3.8, 4) is 17.1 Å². The quantitative estimate of drug-likeness (QED) is 0.761. The molecule has 0 aliphatic heterocycles. The van der Waals surface area contributed by atoms with Gasteiger partial charge in [-0.1, -0.05) is 12.1 Å². The van der Waals surface area contributed by atoms with Gasteiger partial charge in [0.25, 0.3) is 0 Å². The molecule has 0 N–H and O–H groups in total. The monoisotopic (exact) mass is 201 g/mol. The van der Waals surface area contributed by atoms with Crippen LogP contribution in [0.15, 0.2) is 36.9 Å². The molecule has 0 spiro atoms. The SMILES string of the molecule is CCOc1cccc(-c2ncncn2)c1. The zero-order valence-corrected chi connectivity index (χ0v) is 8.42. The van der Waals surface area contributed by atoms with Gasteiger partial charge in [0.15, 0.2) is 5.82 Å². The zero-order valence-electron chi connectivity index (χ0n) is 8.42. The lowest BCUT2D eigenvalue weighted by Crippen LogP contribution is -1.93. The van der Waals surface area contributed by atoms with E-state index in [0.29, 0.717) is 12.4 Å². The number of hydrogen-bond acceptors (Lipinski definition) is 4. The van der Waals surface area contributed by atoms with Crippen molar-refractivity contribution in [2.75, 3.05) is 6.61 Å². The first-order chi connectivity index (χ1) is 7.40. The fourth-order valence-electron chi connectivity index (χ4n) is 1.28. The molecule has 2 aromatic rings. The van der Waals surface area contributed by atoms with Crippen molar-refractivity contribution in [2.24, 2.45) is 0 Å². The molecule has 0 saturated heterocycles. The second-order valence-electron chi connectivity index (χ2n) is 2.92. The minimum atomic E-state index is 0.653. The van der Waals surface area contributed by atoms with Crippen LogP contribution in [-0.4, -0.2) is 21.6 Å². The third-order valence-electron chi connectivity index (χ3n) is 1.90. The Kier molecular flexibility index (Phi) is 2.88. The predicted octanol–water partition coefficient (Wildman–Crippen LogP) is 1.94. The first-order valence-electron chi connectivity index (χ1n) is 4.75. The predicted molar refractivity (Wildman–Crippen MR) is 56.4 cm³/mol. The van der Waals surface area contributed by atoms with Crippen LogP contribution in [-0.2, 0) is 0 Å². The summed E-state index contributed by atoms with van der Waals surface area (Å²) in [6, 6.07) is 7.69. The third-order valence-corrected chi connectivity index (χ3v) is 1.90. The Hall–Kier alpha value is -1.97. The summed E-state index contributed by atoms with van der Waals surface area (Å²) >= 11 is 0. The van der Waals surface area contributed by atoms with E-state index in [1.165, 1.54) is 12.7 Å². The molecule has 15 heavy (non-hydrogen) atoms. The lowest BCUT2D eigenvalue weighted by atomic mass is 10.2. The molecule has 0 aliphatic rings. The van der Waals surface area contributed by atoms with Crippen LogP contribution in [0.25, 0.3) is 11.4 Å². The van der Waals surface area contributed by atoms with E-state index in [-0.39, 0.29) is 0 Å². The zero-order chi connectivity index (χ0) is 10.5. The van der Waals surface area contributed by atoms with E-state index in [4.69, 9.17) is 4.74 Å². The Morgan fingerprint density at radius 1 is 1.20 bits per heavy atom. The normalized spacial score (nSPS) is 9.93. The molecule has 0 fully saturated rings. The second-order valence-corrected chi connectivity index (χ2v) is 2.92. The highest BCUT2D eigenvalue weighted by Gasteiger charge is 2.01. The van der Waals surface area contributed by atoms with E-state index in [1.807, 2.05) is 31.2 Å². The Bertz CT molecular complexity index is 431. The number of ether oxygens (including phenoxy) is 1. The van der Waals surface area contributed by atoms with E-state index < -0.39 is 0 Å². The van der Waals surface area contributed by atoms with Crippen LogP contribution in [0.5, 0.6) is 5.75 Å². The minimum Gasteiger partial charge on any atom is -0.494 e. The van der Waals surface area contributed by atoms with Crippen LogP contribution in [0.3, 0.4) is 0 Å². The fraction of sp³-hybridized carbons (Fsp3) is 0.182. The van der Waals surface area contributed by atoms with Gasteiger partial charge in [-0.3, -0.25) is 0 Å². The van der Waals surface area contributed by atoms with Gasteiger partial charge in [-0.25, -0.2) is 15.0 Å². The highest BCUT2D eigenvalue weighted by Crippen LogP contribution is 2.19. The summed E-state index contributed by atoms with van der Waals surface area (Å²) < 4.78 is 5.40. The summed E-state index contributed by atoms with van der Waals surface area (Å²) in [5.74, 6) is 1.49. The van der Waals surface area contributed by atoms with Gasteiger partial charge >= 0.3 is 0 Å². The van der Waals surface area contributed by atoms with Crippen molar-refractivity contribution in [1.82, 2.24) is 15.0 Å². The molecule has 0 bridgehead atoms. The number of hydrogen-bond donors (Lipinski definition) is 0. The summed E-state index contributed by atoms with van der Waals surface area (Å²) in [6.07, 6.45) is 2.96. The van der Waals surface area contributed by atoms with E-state index in [9.17, 15) is 0 Å². The van der Waals surface area contributed by atoms with Crippen LogP contribution in [0.1, 0.15) is 6.92 Å². The van der Waals surface area contributed by atoms with Gasteiger partial charge in [-0.15, -0.1) is 0 Å². The van der Waals surface area contributed by atoms with Gasteiger partial charge in [-0.2, -0.15) is 0 Å². The average molecular weight is 201 g/mol. The van der Waals surface area contributed by atoms with Gasteiger partial charge < -0.3 is 4.74 Å². The van der Waals surface area contributed by atoms with Gasteiger partial charge in [0.2, 0.25) is 0 Å². The molecule has 0 aliphatic carbocycles. The summed E-state index contributed by atoms with van der Waals surface area (Å²) in [5.41, 5.74) is 0.934. The average Bonchev–Trinajstić information content (AvgIpc) is 2.31. The molecule has 0 unspecified atom stereocenters. The van der Waals surface area contributed by atoms with E-state index in [2.05, 4.69) is 15.0 Å². The molecule has 0 atom stereocenters. The molecule has 1 aromatic carbocycles. The van der Waals surface area contributed by atoms with Crippen molar-refractivity contribution in [2.45, 2.75) is 6.92 Å². The lowest BCUT2D eigenvalue weighted by molar-refractivity contribution is 0.340. The third kappa shape index (κ3) is 2.28. The van der Waals surface area contributed by atoms with Crippen molar-refractivity contribution >= 4 is 0 Å². The van der Waals surface area contributed by atoms with E-state index in [0.717, 1.165) is 11.3 Å². The molecule has 1 heterocycles. The lowest BCUT2D eigenvalue weighted by Gasteiger charge is -2.04. The van der Waals surface area contributed by atoms with Gasteiger partial charge in [0.05, 0.1) is 6.61 Å². The molecule has 4 heteroatoms. The largest absolute Gasteiger partial charge is 0.494 e. The number of rotatable bonds is 3. The summed E-state index contributed by atoms with van der Waals surface area (Å²) in [4.78, 5) is 11.9. The Labute approximate surface area is 88.0 Å². The van der Waals surface area contributed by atoms with Crippen LogP contribution in [0, 0.1) is 0 Å². The fourth-order valence-corrected chi connectivity index (χ4v) is 1.28. The maximum Gasteiger partial charge on any atom is 0.162 e. The first kappa shape index (κ1) is 9.58. The Morgan fingerprint density at radius 3 is 2.73 bits per heavy atom. The minimum absolute atomic E-state index is 0.653. The van der Waals surface area contributed by atoms with Gasteiger partial charge in [0, 0.05) is 5.56 Å². The van der Waals surface area contributed by atoms with Crippen molar-refractivity contribution in [3.63, 3.8) is 0 Å². The summed E-state index contributed by atoms with van der Waals surface area (Å²) in [6.45, 7) is 2.61. The van der Waals surface area contributed by atoms with Crippen LogP contribution >= 0.6 is 0 Å². The molecule has 2 rings (SSSR count). The smallest absolute Gasteiger partial charge is 0.162 e. The molecular formula is C11H11N3O. The van der Waals surface area contributed by atoms with Crippen molar-refractivity contribution in [1.29, 1.82) is 0 Å². The summed E-state index contributed by atoms with van der Waals surface area (Å²) in [7, 11) is 0. The topological polar surface area (TPSA) is 47.9 Å². The van der Waals surface area contributed by atoms with Crippen LogP contribution in [0.4, 0.5) is 0 Å². The molecule has 76 valence electrons. The second kappa shape index (κ2) is 4.50. The van der Waals surface area contributed by atoms with Gasteiger partial charge in [0.1, 0.15) is 18.4 Å². The molecule has 0 saturated carbocycles.